The van der Waals surface area contributed by atoms with E-state index in [1.807, 2.05) is 14.0 Å². The Balaban J connectivity index is 1.99. The van der Waals surface area contributed by atoms with Crippen LogP contribution in [0.1, 0.15) is 26.2 Å². The maximum atomic E-state index is 12.9. The van der Waals surface area contributed by atoms with Gasteiger partial charge in [-0.15, -0.1) is 0 Å². The fraction of sp³-hybridized carbons (Fsp3) is 0.500. The number of hydrogen-bond donors (Lipinski definition) is 2. The van der Waals surface area contributed by atoms with E-state index in [0.29, 0.717) is 11.7 Å². The Morgan fingerprint density at radius 3 is 2.74 bits per heavy atom. The van der Waals surface area contributed by atoms with Gasteiger partial charge in [0.25, 0.3) is 0 Å². The molecule has 104 valence electrons. The lowest BCUT2D eigenvalue weighted by Gasteiger charge is -2.37. The minimum Gasteiger partial charge on any atom is -0.397 e. The van der Waals surface area contributed by atoms with Crippen molar-refractivity contribution in [3.8, 4) is 0 Å². The second kappa shape index (κ2) is 5.57. The third-order valence-electron chi connectivity index (χ3n) is 3.91. The number of hydrogen-bond acceptors (Lipinski definition) is 3. The maximum Gasteiger partial charge on any atom is 0.241 e. The van der Waals surface area contributed by atoms with Crippen molar-refractivity contribution in [2.75, 3.05) is 18.1 Å². The second-order valence-electron chi connectivity index (χ2n) is 5.15. The molecule has 1 aliphatic rings. The average Bonchev–Trinajstić information content (AvgIpc) is 2.29. The van der Waals surface area contributed by atoms with Gasteiger partial charge in [0.1, 0.15) is 5.82 Å². The number of nitrogens with one attached hydrogen (secondary N) is 1. The van der Waals surface area contributed by atoms with Crippen molar-refractivity contribution in [1.29, 1.82) is 0 Å². The number of benzene rings is 1. The normalized spacial score (nSPS) is 17.1. The molecule has 0 radical (unpaired) electrons. The van der Waals surface area contributed by atoms with E-state index in [1.165, 1.54) is 24.6 Å². The van der Waals surface area contributed by atoms with E-state index in [0.717, 1.165) is 12.8 Å². The number of carbonyl (C=O) groups is 1. The zero-order valence-electron chi connectivity index (χ0n) is 11.3. The first-order valence-corrected chi connectivity index (χ1v) is 6.57. The number of nitrogen functional groups attached to an aromatic ring is 1. The van der Waals surface area contributed by atoms with E-state index in [9.17, 15) is 9.18 Å². The highest BCUT2D eigenvalue weighted by Crippen LogP contribution is 2.26. The molecule has 1 aliphatic carbocycles. The predicted molar refractivity (Wildman–Crippen MR) is 74.3 cm³/mol. The van der Waals surface area contributed by atoms with Crippen LogP contribution in [0.2, 0.25) is 0 Å². The summed E-state index contributed by atoms with van der Waals surface area (Å²) < 4.78 is 12.9. The minimum atomic E-state index is -0.407. The van der Waals surface area contributed by atoms with Crippen molar-refractivity contribution in [1.82, 2.24) is 4.90 Å². The minimum absolute atomic E-state index is 0.118. The molecule has 0 aromatic heterocycles. The fourth-order valence-electron chi connectivity index (χ4n) is 2.18. The monoisotopic (exact) mass is 265 g/mol. The lowest BCUT2D eigenvalue weighted by molar-refractivity contribution is -0.121. The first-order valence-electron chi connectivity index (χ1n) is 6.57. The smallest absolute Gasteiger partial charge is 0.241 e. The van der Waals surface area contributed by atoms with E-state index in [1.54, 1.807) is 0 Å². The Morgan fingerprint density at radius 1 is 1.53 bits per heavy atom. The van der Waals surface area contributed by atoms with Gasteiger partial charge in [-0.1, -0.05) is 6.42 Å². The highest BCUT2D eigenvalue weighted by Gasteiger charge is 2.28. The van der Waals surface area contributed by atoms with E-state index in [2.05, 4.69) is 10.2 Å². The van der Waals surface area contributed by atoms with Crippen LogP contribution in [0.25, 0.3) is 0 Å². The zero-order valence-corrected chi connectivity index (χ0v) is 11.3. The Labute approximate surface area is 112 Å². The summed E-state index contributed by atoms with van der Waals surface area (Å²) in [6, 6.07) is 4.24. The summed E-state index contributed by atoms with van der Waals surface area (Å²) in [4.78, 5) is 14.2. The van der Waals surface area contributed by atoms with Gasteiger partial charge in [-0.3, -0.25) is 9.69 Å². The van der Waals surface area contributed by atoms with Crippen LogP contribution in [-0.4, -0.2) is 29.9 Å². The molecule has 0 aliphatic heterocycles. The summed E-state index contributed by atoms with van der Waals surface area (Å²) in [7, 11) is 1.96. The molecule has 1 aromatic carbocycles. The third-order valence-corrected chi connectivity index (χ3v) is 3.91. The first kappa shape index (κ1) is 13.8. The van der Waals surface area contributed by atoms with Gasteiger partial charge in [0.05, 0.1) is 17.4 Å². The van der Waals surface area contributed by atoms with E-state index in [-0.39, 0.29) is 17.6 Å². The molecule has 1 aromatic rings. The summed E-state index contributed by atoms with van der Waals surface area (Å²) in [5.74, 6) is -0.525. The van der Waals surface area contributed by atoms with Gasteiger partial charge >= 0.3 is 0 Å². The molecule has 4 nitrogen and oxygen atoms in total. The molecular weight excluding hydrogens is 245 g/mol. The van der Waals surface area contributed by atoms with E-state index < -0.39 is 5.82 Å². The van der Waals surface area contributed by atoms with Gasteiger partial charge in [0, 0.05) is 6.04 Å². The fourth-order valence-corrected chi connectivity index (χ4v) is 2.18. The molecule has 1 saturated carbocycles. The van der Waals surface area contributed by atoms with Crippen LogP contribution in [0.15, 0.2) is 18.2 Å². The van der Waals surface area contributed by atoms with Crippen LogP contribution in [-0.2, 0) is 4.79 Å². The molecule has 1 unspecified atom stereocenters. The van der Waals surface area contributed by atoms with Gasteiger partial charge in [0.15, 0.2) is 0 Å². The average molecular weight is 265 g/mol. The molecule has 5 heteroatoms. The molecule has 1 fully saturated rings. The summed E-state index contributed by atoms with van der Waals surface area (Å²) in [6.07, 6.45) is 3.52. The van der Waals surface area contributed by atoms with Crippen molar-refractivity contribution in [3.63, 3.8) is 0 Å². The third kappa shape index (κ3) is 3.04. The van der Waals surface area contributed by atoms with Crippen molar-refractivity contribution in [2.45, 2.75) is 38.3 Å². The Hall–Kier alpha value is -1.62. The number of nitrogens with zero attached hydrogens (tertiary/aromatic N) is 1. The van der Waals surface area contributed by atoms with Crippen LogP contribution in [0.4, 0.5) is 15.8 Å². The standard InChI is InChI=1S/C14H20FN3O/c1-9(18(2)11-4-3-5-11)14(19)17-13-7-6-10(15)8-12(13)16/h6-9,11H,3-5,16H2,1-2H3,(H,17,19). The number of halogens is 1. The van der Waals surface area contributed by atoms with Crippen molar-refractivity contribution >= 4 is 17.3 Å². The van der Waals surface area contributed by atoms with Crippen LogP contribution in [0.5, 0.6) is 0 Å². The SMILES string of the molecule is CC(C(=O)Nc1ccc(F)cc1N)N(C)C1CCC1. The highest BCUT2D eigenvalue weighted by atomic mass is 19.1. The topological polar surface area (TPSA) is 58.4 Å². The Morgan fingerprint density at radius 2 is 2.21 bits per heavy atom. The molecule has 2 rings (SSSR count). The number of rotatable bonds is 4. The van der Waals surface area contributed by atoms with Crippen LogP contribution in [0.3, 0.4) is 0 Å². The summed E-state index contributed by atoms with van der Waals surface area (Å²) in [5, 5.41) is 2.75. The van der Waals surface area contributed by atoms with Crippen molar-refractivity contribution in [2.24, 2.45) is 0 Å². The molecule has 19 heavy (non-hydrogen) atoms. The van der Waals surface area contributed by atoms with Gasteiger partial charge in [0.2, 0.25) is 5.91 Å². The molecule has 1 amide bonds. The predicted octanol–water partition coefficient (Wildman–Crippen LogP) is 2.22. The highest BCUT2D eigenvalue weighted by molar-refractivity contribution is 5.97. The molecule has 0 spiro atoms. The molecule has 0 bridgehead atoms. The zero-order chi connectivity index (χ0) is 14.0. The van der Waals surface area contributed by atoms with Gasteiger partial charge in [-0.25, -0.2) is 4.39 Å². The first-order chi connectivity index (χ1) is 8.99. The van der Waals surface area contributed by atoms with E-state index >= 15 is 0 Å². The summed E-state index contributed by atoms with van der Waals surface area (Å²) in [5.41, 5.74) is 6.38. The molecular formula is C14H20FN3O. The lowest BCUT2D eigenvalue weighted by atomic mass is 9.91. The van der Waals surface area contributed by atoms with Crippen LogP contribution in [0, 0.1) is 5.82 Å². The number of anilines is 2. The van der Waals surface area contributed by atoms with Crippen molar-refractivity contribution < 1.29 is 9.18 Å². The van der Waals surface area contributed by atoms with E-state index in [4.69, 9.17) is 5.73 Å². The van der Waals surface area contributed by atoms with Crippen LogP contribution >= 0.6 is 0 Å². The second-order valence-corrected chi connectivity index (χ2v) is 5.15. The lowest BCUT2D eigenvalue weighted by Crippen LogP contribution is -2.48. The number of carbonyl (C=O) groups excluding carboxylic acids is 1. The summed E-state index contributed by atoms with van der Waals surface area (Å²) in [6.45, 7) is 1.87. The summed E-state index contributed by atoms with van der Waals surface area (Å²) >= 11 is 0. The molecule has 0 heterocycles. The largest absolute Gasteiger partial charge is 0.397 e. The number of likely N-dealkylation sites (N-methyl/N-ethyl adjacent to an activating group) is 1. The Bertz CT molecular complexity index is 474. The number of amides is 1. The van der Waals surface area contributed by atoms with Gasteiger partial charge in [-0.2, -0.15) is 0 Å². The quantitative estimate of drug-likeness (QED) is 0.821. The van der Waals surface area contributed by atoms with Gasteiger partial charge < -0.3 is 11.1 Å². The maximum absolute atomic E-state index is 12.9. The molecule has 3 N–H and O–H groups in total. The van der Waals surface area contributed by atoms with Crippen molar-refractivity contribution in [3.05, 3.63) is 24.0 Å². The van der Waals surface area contributed by atoms with Crippen LogP contribution < -0.4 is 11.1 Å². The number of nitrogens with two attached hydrogens (primary N) is 1. The Kier molecular flexibility index (Phi) is 4.04. The molecule has 0 saturated heterocycles. The van der Waals surface area contributed by atoms with Gasteiger partial charge in [-0.05, 0) is 45.0 Å². The molecule has 1 atom stereocenters.